The maximum atomic E-state index is 13.5. The molecule has 34 heavy (non-hydrogen) atoms. The average molecular weight is 461 g/mol. The van der Waals surface area contributed by atoms with Gasteiger partial charge in [-0.05, 0) is 43.9 Å². The van der Waals surface area contributed by atoms with Crippen LogP contribution in [0.2, 0.25) is 0 Å². The molecule has 6 heteroatoms. The number of fused-ring (bicyclic) bond motifs is 1. The number of ether oxygens (including phenoxy) is 1. The summed E-state index contributed by atoms with van der Waals surface area (Å²) in [5.41, 5.74) is 1.45. The number of para-hydroxylation sites is 2. The largest absolute Gasteiger partial charge is 0.489 e. The Kier molecular flexibility index (Phi) is 6.84. The summed E-state index contributed by atoms with van der Waals surface area (Å²) in [5, 5.41) is 0.896. The Hall–Kier alpha value is -3.28. The van der Waals surface area contributed by atoms with E-state index in [1.54, 1.807) is 0 Å². The van der Waals surface area contributed by atoms with Gasteiger partial charge in [0.1, 0.15) is 17.9 Å². The number of likely N-dealkylation sites (tertiary alicyclic amines) is 2. The molecule has 0 aliphatic carbocycles. The SMILES string of the molecule is O=C(c1oc2ccccc2c1COc1ccccc1)N1CCC(C(=O)N2CCCCCC2)CC1. The molecule has 3 aromatic rings. The van der Waals surface area contributed by atoms with E-state index in [1.165, 1.54) is 12.8 Å². The van der Waals surface area contributed by atoms with E-state index in [-0.39, 0.29) is 24.3 Å². The van der Waals surface area contributed by atoms with E-state index < -0.39 is 0 Å². The van der Waals surface area contributed by atoms with Crippen molar-refractivity contribution in [3.05, 3.63) is 65.9 Å². The summed E-state index contributed by atoms with van der Waals surface area (Å²) in [6.45, 7) is 3.15. The van der Waals surface area contributed by atoms with Crippen molar-refractivity contribution in [2.75, 3.05) is 26.2 Å². The van der Waals surface area contributed by atoms with Crippen LogP contribution in [0.3, 0.4) is 0 Å². The molecule has 2 aliphatic heterocycles. The Morgan fingerprint density at radius 3 is 2.24 bits per heavy atom. The minimum atomic E-state index is -0.122. The first-order chi connectivity index (χ1) is 16.7. The van der Waals surface area contributed by atoms with Gasteiger partial charge in [-0.3, -0.25) is 9.59 Å². The van der Waals surface area contributed by atoms with Crippen LogP contribution in [0.1, 0.15) is 54.6 Å². The molecule has 178 valence electrons. The number of carbonyl (C=O) groups is 2. The van der Waals surface area contributed by atoms with Crippen LogP contribution in [0, 0.1) is 5.92 Å². The smallest absolute Gasteiger partial charge is 0.290 e. The van der Waals surface area contributed by atoms with Crippen LogP contribution < -0.4 is 4.74 Å². The molecule has 2 aliphatic rings. The predicted molar refractivity (Wildman–Crippen MR) is 131 cm³/mol. The van der Waals surface area contributed by atoms with Crippen molar-refractivity contribution in [3.63, 3.8) is 0 Å². The van der Waals surface area contributed by atoms with Gasteiger partial charge in [-0.15, -0.1) is 0 Å². The molecule has 0 bridgehead atoms. The molecule has 0 atom stereocenters. The highest BCUT2D eigenvalue weighted by atomic mass is 16.5. The van der Waals surface area contributed by atoms with Crippen molar-refractivity contribution >= 4 is 22.8 Å². The van der Waals surface area contributed by atoms with E-state index in [9.17, 15) is 9.59 Å². The number of hydrogen-bond acceptors (Lipinski definition) is 4. The molecule has 2 saturated heterocycles. The minimum Gasteiger partial charge on any atom is -0.489 e. The van der Waals surface area contributed by atoms with Crippen molar-refractivity contribution in [2.45, 2.75) is 45.1 Å². The van der Waals surface area contributed by atoms with Crippen LogP contribution in [0.4, 0.5) is 0 Å². The third-order valence-electron chi connectivity index (χ3n) is 7.07. The van der Waals surface area contributed by atoms with Gasteiger partial charge in [-0.25, -0.2) is 0 Å². The lowest BCUT2D eigenvalue weighted by Gasteiger charge is -2.33. The summed E-state index contributed by atoms with van der Waals surface area (Å²) in [6, 6.07) is 17.3. The van der Waals surface area contributed by atoms with Gasteiger partial charge in [0.05, 0.1) is 0 Å². The van der Waals surface area contributed by atoms with Gasteiger partial charge in [0.15, 0.2) is 5.76 Å². The van der Waals surface area contributed by atoms with E-state index in [4.69, 9.17) is 9.15 Å². The Morgan fingerprint density at radius 1 is 0.824 bits per heavy atom. The number of nitrogens with zero attached hydrogens (tertiary/aromatic N) is 2. The molecular formula is C28H32N2O4. The molecule has 1 aromatic heterocycles. The molecule has 0 spiro atoms. The first kappa shape index (κ1) is 22.5. The lowest BCUT2D eigenvalue weighted by atomic mass is 9.94. The summed E-state index contributed by atoms with van der Waals surface area (Å²) in [7, 11) is 0. The highest BCUT2D eigenvalue weighted by Gasteiger charge is 2.33. The Balaban J connectivity index is 1.28. The fourth-order valence-electron chi connectivity index (χ4n) is 5.11. The molecule has 2 fully saturated rings. The number of piperidine rings is 1. The van der Waals surface area contributed by atoms with Crippen molar-refractivity contribution in [1.29, 1.82) is 0 Å². The monoisotopic (exact) mass is 460 g/mol. The zero-order valence-electron chi connectivity index (χ0n) is 19.6. The second kappa shape index (κ2) is 10.3. The molecular weight excluding hydrogens is 428 g/mol. The van der Waals surface area contributed by atoms with Crippen molar-refractivity contribution in [2.24, 2.45) is 5.92 Å². The summed E-state index contributed by atoms with van der Waals surface area (Å²) in [5.74, 6) is 1.25. The fraction of sp³-hybridized carbons (Fsp3) is 0.429. The van der Waals surface area contributed by atoms with E-state index in [1.807, 2.05) is 64.4 Å². The van der Waals surface area contributed by atoms with Crippen LogP contribution in [-0.4, -0.2) is 47.8 Å². The van der Waals surface area contributed by atoms with Gasteiger partial charge in [0.25, 0.3) is 5.91 Å². The molecule has 0 N–H and O–H groups in total. The lowest BCUT2D eigenvalue weighted by molar-refractivity contribution is -0.136. The standard InChI is InChI=1S/C28H32N2O4/c31-27(29-16-8-1-2-9-17-29)21-14-18-30(19-15-21)28(32)26-24(20-33-22-10-4-3-5-11-22)23-12-6-7-13-25(23)34-26/h3-7,10-13,21H,1-2,8-9,14-20H2. The zero-order valence-corrected chi connectivity index (χ0v) is 19.6. The maximum Gasteiger partial charge on any atom is 0.290 e. The Labute approximate surface area is 200 Å². The normalized spacial score (nSPS) is 17.5. The quantitative estimate of drug-likeness (QED) is 0.521. The first-order valence-corrected chi connectivity index (χ1v) is 12.5. The average Bonchev–Trinajstić information content (AvgIpc) is 3.04. The molecule has 0 unspecified atom stereocenters. The van der Waals surface area contributed by atoms with Gasteiger partial charge >= 0.3 is 0 Å². The minimum absolute atomic E-state index is 0.0127. The number of hydrogen-bond donors (Lipinski definition) is 0. The third kappa shape index (κ3) is 4.81. The Bertz CT molecular complexity index is 1120. The van der Waals surface area contributed by atoms with E-state index in [0.29, 0.717) is 37.3 Å². The zero-order chi connectivity index (χ0) is 23.3. The third-order valence-corrected chi connectivity index (χ3v) is 7.07. The molecule has 2 aromatic carbocycles. The van der Waals surface area contributed by atoms with Crippen LogP contribution in [0.5, 0.6) is 5.75 Å². The highest BCUT2D eigenvalue weighted by Crippen LogP contribution is 2.30. The predicted octanol–water partition coefficient (Wildman–Crippen LogP) is 5.27. The number of rotatable bonds is 5. The van der Waals surface area contributed by atoms with Gasteiger partial charge in [-0.2, -0.15) is 0 Å². The molecule has 3 heterocycles. The summed E-state index contributed by atoms with van der Waals surface area (Å²) in [4.78, 5) is 30.4. The molecule has 0 radical (unpaired) electrons. The van der Waals surface area contributed by atoms with E-state index in [0.717, 1.165) is 42.6 Å². The summed E-state index contributed by atoms with van der Waals surface area (Å²) < 4.78 is 12.0. The summed E-state index contributed by atoms with van der Waals surface area (Å²) in [6.07, 6.45) is 6.04. The first-order valence-electron chi connectivity index (χ1n) is 12.5. The van der Waals surface area contributed by atoms with Crippen LogP contribution in [0.15, 0.2) is 59.0 Å². The fourth-order valence-corrected chi connectivity index (χ4v) is 5.11. The van der Waals surface area contributed by atoms with Crippen LogP contribution in [0.25, 0.3) is 11.0 Å². The Morgan fingerprint density at radius 2 is 1.50 bits per heavy atom. The number of benzene rings is 2. The molecule has 5 rings (SSSR count). The number of amides is 2. The topological polar surface area (TPSA) is 63.0 Å². The van der Waals surface area contributed by atoms with Crippen molar-refractivity contribution < 1.29 is 18.7 Å². The van der Waals surface area contributed by atoms with Gasteiger partial charge < -0.3 is 19.0 Å². The molecule has 6 nitrogen and oxygen atoms in total. The highest BCUT2D eigenvalue weighted by molar-refractivity contribution is 5.99. The second-order valence-electron chi connectivity index (χ2n) is 9.31. The van der Waals surface area contributed by atoms with Crippen molar-refractivity contribution in [3.8, 4) is 5.75 Å². The van der Waals surface area contributed by atoms with Crippen molar-refractivity contribution in [1.82, 2.24) is 9.80 Å². The van der Waals surface area contributed by atoms with Crippen LogP contribution >= 0.6 is 0 Å². The second-order valence-corrected chi connectivity index (χ2v) is 9.31. The molecule has 2 amide bonds. The summed E-state index contributed by atoms with van der Waals surface area (Å²) >= 11 is 0. The lowest BCUT2D eigenvalue weighted by Crippen LogP contribution is -2.44. The number of furan rings is 1. The van der Waals surface area contributed by atoms with E-state index >= 15 is 0 Å². The van der Waals surface area contributed by atoms with Gasteiger partial charge in [0, 0.05) is 43.0 Å². The van der Waals surface area contributed by atoms with Crippen LogP contribution in [-0.2, 0) is 11.4 Å². The van der Waals surface area contributed by atoms with Gasteiger partial charge in [-0.1, -0.05) is 49.2 Å². The maximum absolute atomic E-state index is 13.5. The van der Waals surface area contributed by atoms with Gasteiger partial charge in [0.2, 0.25) is 5.91 Å². The number of carbonyl (C=O) groups excluding carboxylic acids is 2. The molecule has 0 saturated carbocycles. The van der Waals surface area contributed by atoms with E-state index in [2.05, 4.69) is 0 Å².